The molecule has 0 heterocycles. The predicted octanol–water partition coefficient (Wildman–Crippen LogP) is 3.89. The third kappa shape index (κ3) is 2.55. The van der Waals surface area contributed by atoms with Crippen molar-refractivity contribution in [2.75, 3.05) is 5.73 Å². The van der Waals surface area contributed by atoms with Crippen molar-refractivity contribution >= 4 is 17.3 Å². The average molecular weight is 259 g/mol. The molecule has 0 radical (unpaired) electrons. The highest BCUT2D eigenvalue weighted by molar-refractivity contribution is 6.32. The molecule has 0 aliphatic rings. The first-order valence-corrected chi connectivity index (χ1v) is 5.71. The number of hydrogen-bond acceptors (Lipinski definition) is 3. The summed E-state index contributed by atoms with van der Waals surface area (Å²) in [6.45, 7) is 1.94. The van der Waals surface area contributed by atoms with E-state index in [-0.39, 0.29) is 0 Å². The van der Waals surface area contributed by atoms with Crippen molar-refractivity contribution in [2.24, 2.45) is 0 Å². The molecule has 0 atom stereocenters. The minimum Gasteiger partial charge on any atom is -0.454 e. The van der Waals surface area contributed by atoms with Crippen LogP contribution in [0.25, 0.3) is 0 Å². The number of nitrogen functional groups attached to an aromatic ring is 1. The predicted molar refractivity (Wildman–Crippen MR) is 71.8 cm³/mol. The molecule has 3 nitrogen and oxygen atoms in total. The molecule has 18 heavy (non-hydrogen) atoms. The number of ether oxygens (including phenoxy) is 1. The Bertz CT molecular complexity index is 632. The molecular weight excluding hydrogens is 248 g/mol. The Hall–Kier alpha value is -2.18. The highest BCUT2D eigenvalue weighted by Gasteiger charge is 2.08. The molecule has 2 aromatic rings. The zero-order chi connectivity index (χ0) is 13.1. The summed E-state index contributed by atoms with van der Waals surface area (Å²) in [6, 6.07) is 12.4. The molecule has 0 unspecified atom stereocenters. The van der Waals surface area contributed by atoms with E-state index in [1.807, 2.05) is 19.1 Å². The van der Waals surface area contributed by atoms with Crippen LogP contribution in [0.15, 0.2) is 36.4 Å². The first-order chi connectivity index (χ1) is 8.60. The summed E-state index contributed by atoms with van der Waals surface area (Å²) in [5, 5.41) is 9.53. The number of aryl methyl sites for hydroxylation is 1. The fourth-order valence-electron chi connectivity index (χ4n) is 1.53. The Kier molecular flexibility index (Phi) is 3.40. The van der Waals surface area contributed by atoms with E-state index in [4.69, 9.17) is 27.3 Å². The maximum atomic E-state index is 9.02. The van der Waals surface area contributed by atoms with Crippen LogP contribution in [-0.2, 0) is 0 Å². The minimum absolute atomic E-state index is 0.381. The number of rotatable bonds is 2. The van der Waals surface area contributed by atoms with Crippen LogP contribution < -0.4 is 10.5 Å². The number of nitriles is 1. The quantitative estimate of drug-likeness (QED) is 0.831. The number of halogens is 1. The molecule has 0 aromatic heterocycles. The van der Waals surface area contributed by atoms with Gasteiger partial charge in [-0.2, -0.15) is 5.26 Å². The lowest BCUT2D eigenvalue weighted by Gasteiger charge is -2.09. The van der Waals surface area contributed by atoms with Gasteiger partial charge in [-0.15, -0.1) is 0 Å². The van der Waals surface area contributed by atoms with Crippen LogP contribution in [-0.4, -0.2) is 0 Å². The van der Waals surface area contributed by atoms with Crippen LogP contribution in [0.1, 0.15) is 11.1 Å². The number of anilines is 1. The van der Waals surface area contributed by atoms with E-state index in [9.17, 15) is 0 Å². The van der Waals surface area contributed by atoms with Crippen molar-refractivity contribution in [1.82, 2.24) is 0 Å². The summed E-state index contributed by atoms with van der Waals surface area (Å²) in [5.74, 6) is 0.959. The molecule has 0 bridgehead atoms. The summed E-state index contributed by atoms with van der Waals surface area (Å²) in [6.07, 6.45) is 0. The number of nitrogens with two attached hydrogens (primary N) is 1. The van der Waals surface area contributed by atoms with E-state index in [0.717, 1.165) is 5.56 Å². The molecule has 0 spiro atoms. The molecular formula is C14H11ClN2O. The van der Waals surface area contributed by atoms with Gasteiger partial charge in [0, 0.05) is 5.69 Å². The molecule has 0 amide bonds. The van der Waals surface area contributed by atoms with Gasteiger partial charge >= 0.3 is 0 Å². The van der Waals surface area contributed by atoms with Crippen LogP contribution in [0, 0.1) is 18.3 Å². The highest BCUT2D eigenvalue weighted by Crippen LogP contribution is 2.32. The number of hydrogen-bond donors (Lipinski definition) is 1. The lowest BCUT2D eigenvalue weighted by atomic mass is 10.2. The van der Waals surface area contributed by atoms with Gasteiger partial charge in [0.2, 0.25) is 0 Å². The summed E-state index contributed by atoms with van der Waals surface area (Å²) in [7, 11) is 0. The zero-order valence-electron chi connectivity index (χ0n) is 9.77. The van der Waals surface area contributed by atoms with Crippen LogP contribution in [0.4, 0.5) is 5.69 Å². The Morgan fingerprint density at radius 3 is 2.56 bits per heavy atom. The fraction of sp³-hybridized carbons (Fsp3) is 0.0714. The van der Waals surface area contributed by atoms with Crippen LogP contribution in [0.2, 0.25) is 5.02 Å². The molecule has 2 N–H and O–H groups in total. The number of nitrogens with zero attached hydrogens (tertiary/aromatic N) is 1. The Balaban J connectivity index is 2.37. The van der Waals surface area contributed by atoms with E-state index < -0.39 is 0 Å². The second-order valence-electron chi connectivity index (χ2n) is 3.90. The summed E-state index contributed by atoms with van der Waals surface area (Å²) >= 11 is 6.07. The molecule has 2 rings (SSSR count). The number of benzene rings is 2. The third-order valence-corrected chi connectivity index (χ3v) is 2.73. The average Bonchev–Trinajstić information content (AvgIpc) is 2.34. The second kappa shape index (κ2) is 4.99. The van der Waals surface area contributed by atoms with Crippen molar-refractivity contribution in [3.63, 3.8) is 0 Å². The van der Waals surface area contributed by atoms with Gasteiger partial charge in [-0.3, -0.25) is 0 Å². The standard InChI is InChI=1S/C14H11ClN2O/c1-9-2-4-14(12(15)6-9)18-13-5-3-11(17)7-10(13)8-16/h2-7H,17H2,1H3. The van der Waals surface area contributed by atoms with Crippen molar-refractivity contribution < 1.29 is 4.74 Å². The fourth-order valence-corrected chi connectivity index (χ4v) is 1.80. The molecule has 90 valence electrons. The monoisotopic (exact) mass is 258 g/mol. The van der Waals surface area contributed by atoms with E-state index in [2.05, 4.69) is 0 Å². The smallest absolute Gasteiger partial charge is 0.146 e. The van der Waals surface area contributed by atoms with Crippen molar-refractivity contribution in [2.45, 2.75) is 6.92 Å². The van der Waals surface area contributed by atoms with Gasteiger partial charge < -0.3 is 10.5 Å². The summed E-state index contributed by atoms with van der Waals surface area (Å²) in [4.78, 5) is 0. The SMILES string of the molecule is Cc1ccc(Oc2ccc(N)cc2C#N)c(Cl)c1. The van der Waals surface area contributed by atoms with Crippen LogP contribution >= 0.6 is 11.6 Å². The van der Waals surface area contributed by atoms with Gasteiger partial charge in [0.05, 0.1) is 10.6 Å². The zero-order valence-corrected chi connectivity index (χ0v) is 10.5. The molecule has 0 fully saturated rings. The lowest BCUT2D eigenvalue weighted by Crippen LogP contribution is -1.92. The summed E-state index contributed by atoms with van der Waals surface area (Å²) < 4.78 is 5.63. The first kappa shape index (κ1) is 12.3. The normalized spacial score (nSPS) is 9.83. The van der Waals surface area contributed by atoms with Gasteiger partial charge in [0.25, 0.3) is 0 Å². The van der Waals surface area contributed by atoms with E-state index in [1.165, 1.54) is 0 Å². The van der Waals surface area contributed by atoms with Crippen LogP contribution in [0.5, 0.6) is 11.5 Å². The Morgan fingerprint density at radius 1 is 1.17 bits per heavy atom. The van der Waals surface area contributed by atoms with Gasteiger partial charge in [-0.1, -0.05) is 17.7 Å². The lowest BCUT2D eigenvalue weighted by molar-refractivity contribution is 0.481. The molecule has 0 saturated heterocycles. The Labute approximate surface area is 110 Å². The van der Waals surface area contributed by atoms with Crippen molar-refractivity contribution in [1.29, 1.82) is 5.26 Å². The third-order valence-electron chi connectivity index (χ3n) is 2.43. The second-order valence-corrected chi connectivity index (χ2v) is 4.31. The summed E-state index contributed by atoms with van der Waals surface area (Å²) in [5.41, 5.74) is 7.56. The minimum atomic E-state index is 0.381. The molecule has 0 aliphatic heterocycles. The van der Waals surface area contributed by atoms with Gasteiger partial charge in [-0.05, 0) is 42.8 Å². The topological polar surface area (TPSA) is 59.0 Å². The first-order valence-electron chi connectivity index (χ1n) is 5.34. The molecule has 2 aromatic carbocycles. The van der Waals surface area contributed by atoms with E-state index in [0.29, 0.717) is 27.8 Å². The Morgan fingerprint density at radius 2 is 1.89 bits per heavy atom. The van der Waals surface area contributed by atoms with Gasteiger partial charge in [-0.25, -0.2) is 0 Å². The largest absolute Gasteiger partial charge is 0.454 e. The highest BCUT2D eigenvalue weighted by atomic mass is 35.5. The molecule has 0 saturated carbocycles. The van der Waals surface area contributed by atoms with E-state index >= 15 is 0 Å². The van der Waals surface area contributed by atoms with Crippen molar-refractivity contribution in [3.05, 3.63) is 52.5 Å². The van der Waals surface area contributed by atoms with E-state index in [1.54, 1.807) is 30.3 Å². The van der Waals surface area contributed by atoms with Gasteiger partial charge in [0.15, 0.2) is 0 Å². The van der Waals surface area contributed by atoms with Crippen molar-refractivity contribution in [3.8, 4) is 17.6 Å². The van der Waals surface area contributed by atoms with Gasteiger partial charge in [0.1, 0.15) is 17.6 Å². The van der Waals surface area contributed by atoms with Crippen LogP contribution in [0.3, 0.4) is 0 Å². The maximum Gasteiger partial charge on any atom is 0.146 e. The molecule has 4 heteroatoms. The molecule has 0 aliphatic carbocycles. The maximum absolute atomic E-state index is 9.02.